The van der Waals surface area contributed by atoms with Crippen LogP contribution in [0.4, 0.5) is 22.0 Å². The van der Waals surface area contributed by atoms with Gasteiger partial charge in [0.25, 0.3) is 0 Å². The van der Waals surface area contributed by atoms with Crippen LogP contribution in [0, 0.1) is 0 Å². The number of hydrogen-bond acceptors (Lipinski definition) is 3. The Morgan fingerprint density at radius 1 is 1.03 bits per heavy atom. The number of rotatable bonds is 7. The SMILES string of the molecule is O=C(c1ccccc1)C(F)CC(F)N1CCC(O)(Cc2cccc(C(F)(F)F)c2)CC1. The second-order valence-electron chi connectivity index (χ2n) is 8.00. The van der Waals surface area contributed by atoms with Gasteiger partial charge in [-0.2, -0.15) is 13.2 Å². The highest BCUT2D eigenvalue weighted by Gasteiger charge is 2.37. The number of hydrogen-bond donors (Lipinski definition) is 1. The third-order valence-electron chi connectivity index (χ3n) is 5.66. The summed E-state index contributed by atoms with van der Waals surface area (Å²) < 4.78 is 67.6. The summed E-state index contributed by atoms with van der Waals surface area (Å²) in [6.45, 7) is 0.228. The summed E-state index contributed by atoms with van der Waals surface area (Å²) in [5.74, 6) is -0.777. The van der Waals surface area contributed by atoms with Gasteiger partial charge in [0, 0.05) is 31.5 Å². The number of aliphatic hydroxyl groups is 1. The Bertz CT molecular complexity index is 879. The first kappa shape index (κ1) is 23.3. The molecular weight excluding hydrogens is 417 g/mol. The van der Waals surface area contributed by atoms with E-state index in [1.807, 2.05) is 0 Å². The molecular formula is C23H24F5NO2. The van der Waals surface area contributed by atoms with Gasteiger partial charge in [0.2, 0.25) is 0 Å². The molecule has 1 saturated heterocycles. The van der Waals surface area contributed by atoms with Crippen LogP contribution in [0.25, 0.3) is 0 Å². The maximum Gasteiger partial charge on any atom is 0.416 e. The van der Waals surface area contributed by atoms with Crippen molar-refractivity contribution in [1.29, 1.82) is 0 Å². The first-order valence-corrected chi connectivity index (χ1v) is 10.1. The Kier molecular flexibility index (Phi) is 7.11. The lowest BCUT2D eigenvalue weighted by Crippen LogP contribution is -2.48. The molecule has 1 heterocycles. The highest BCUT2D eigenvalue weighted by atomic mass is 19.4. The Hall–Kier alpha value is -2.32. The van der Waals surface area contributed by atoms with Crippen molar-refractivity contribution in [2.75, 3.05) is 13.1 Å². The van der Waals surface area contributed by atoms with Crippen LogP contribution in [0.2, 0.25) is 0 Å². The van der Waals surface area contributed by atoms with Crippen molar-refractivity contribution >= 4 is 5.78 Å². The fourth-order valence-electron chi connectivity index (χ4n) is 3.84. The zero-order chi connectivity index (χ0) is 22.6. The molecule has 0 aliphatic carbocycles. The lowest BCUT2D eigenvalue weighted by molar-refractivity contribution is -0.137. The maximum absolute atomic E-state index is 14.6. The van der Waals surface area contributed by atoms with E-state index in [0.29, 0.717) is 5.56 Å². The number of carbonyl (C=O) groups excluding carboxylic acids is 1. The lowest BCUT2D eigenvalue weighted by Gasteiger charge is -2.39. The topological polar surface area (TPSA) is 40.5 Å². The van der Waals surface area contributed by atoms with Crippen LogP contribution in [0.15, 0.2) is 54.6 Å². The third-order valence-corrected chi connectivity index (χ3v) is 5.66. The number of ketones is 1. The zero-order valence-electron chi connectivity index (χ0n) is 16.8. The van der Waals surface area contributed by atoms with Crippen molar-refractivity contribution in [3.8, 4) is 0 Å². The van der Waals surface area contributed by atoms with Gasteiger partial charge in [-0.1, -0.05) is 48.5 Å². The Morgan fingerprint density at radius 2 is 1.68 bits per heavy atom. The number of halogens is 5. The molecule has 3 rings (SSSR count). The second kappa shape index (κ2) is 9.44. The normalized spacial score (nSPS) is 19.0. The molecule has 0 amide bonds. The van der Waals surface area contributed by atoms with Crippen LogP contribution in [0.5, 0.6) is 0 Å². The largest absolute Gasteiger partial charge is 0.416 e. The number of carbonyl (C=O) groups is 1. The first-order valence-electron chi connectivity index (χ1n) is 10.1. The van der Waals surface area contributed by atoms with Crippen molar-refractivity contribution in [1.82, 2.24) is 4.90 Å². The summed E-state index contributed by atoms with van der Waals surface area (Å²) in [6, 6.07) is 12.6. The summed E-state index contributed by atoms with van der Waals surface area (Å²) in [5, 5.41) is 10.8. The molecule has 3 nitrogen and oxygen atoms in total. The number of likely N-dealkylation sites (tertiary alicyclic amines) is 1. The summed E-state index contributed by atoms with van der Waals surface area (Å²) in [5.41, 5.74) is -1.53. The molecule has 1 fully saturated rings. The minimum Gasteiger partial charge on any atom is -0.389 e. The standard InChI is InChI=1S/C23H24F5NO2/c24-19(21(30)17-6-2-1-3-7-17)14-20(25)29-11-9-22(31,10-12-29)15-16-5-4-8-18(13-16)23(26,27)28/h1-8,13,19-20,31H,9-12,14-15H2. The monoisotopic (exact) mass is 441 g/mol. The lowest BCUT2D eigenvalue weighted by atomic mass is 9.85. The van der Waals surface area contributed by atoms with Gasteiger partial charge in [0.15, 0.2) is 18.3 Å². The summed E-state index contributed by atoms with van der Waals surface area (Å²) in [7, 11) is 0. The van der Waals surface area contributed by atoms with Gasteiger partial charge in [-0.05, 0) is 24.5 Å². The Balaban J connectivity index is 1.54. The van der Waals surface area contributed by atoms with Gasteiger partial charge in [-0.25, -0.2) is 8.78 Å². The van der Waals surface area contributed by atoms with E-state index in [0.717, 1.165) is 12.1 Å². The molecule has 0 bridgehead atoms. The Labute approximate surface area is 177 Å². The Morgan fingerprint density at radius 3 is 2.29 bits per heavy atom. The van der Waals surface area contributed by atoms with Crippen molar-refractivity contribution in [3.63, 3.8) is 0 Å². The average Bonchev–Trinajstić information content (AvgIpc) is 2.73. The first-order chi connectivity index (χ1) is 14.6. The van der Waals surface area contributed by atoms with E-state index in [9.17, 15) is 31.9 Å². The highest BCUT2D eigenvalue weighted by molar-refractivity contribution is 5.99. The highest BCUT2D eigenvalue weighted by Crippen LogP contribution is 2.32. The van der Waals surface area contributed by atoms with Crippen LogP contribution in [0.3, 0.4) is 0 Å². The van der Waals surface area contributed by atoms with Gasteiger partial charge < -0.3 is 5.11 Å². The molecule has 1 N–H and O–H groups in total. The number of alkyl halides is 5. The van der Waals surface area contributed by atoms with E-state index in [2.05, 4.69) is 0 Å². The second-order valence-corrected chi connectivity index (χ2v) is 8.00. The van der Waals surface area contributed by atoms with Crippen LogP contribution >= 0.6 is 0 Å². The van der Waals surface area contributed by atoms with Crippen LogP contribution < -0.4 is 0 Å². The number of piperidine rings is 1. The van der Waals surface area contributed by atoms with Crippen LogP contribution in [0.1, 0.15) is 40.7 Å². The molecule has 0 spiro atoms. The minimum atomic E-state index is -4.47. The van der Waals surface area contributed by atoms with Gasteiger partial charge in [0.05, 0.1) is 11.2 Å². The molecule has 168 valence electrons. The van der Waals surface area contributed by atoms with Crippen molar-refractivity contribution in [2.24, 2.45) is 0 Å². The summed E-state index contributed by atoms with van der Waals surface area (Å²) in [6.07, 6.45) is -8.48. The van der Waals surface area contributed by atoms with E-state index < -0.39 is 42.0 Å². The van der Waals surface area contributed by atoms with Crippen LogP contribution in [-0.2, 0) is 12.6 Å². The van der Waals surface area contributed by atoms with Crippen LogP contribution in [-0.4, -0.2) is 46.9 Å². The van der Waals surface area contributed by atoms with Gasteiger partial charge in [-0.3, -0.25) is 9.69 Å². The molecule has 2 unspecified atom stereocenters. The summed E-state index contributed by atoms with van der Waals surface area (Å²) >= 11 is 0. The molecule has 1 aliphatic heterocycles. The molecule has 2 atom stereocenters. The molecule has 8 heteroatoms. The van der Waals surface area contributed by atoms with E-state index in [1.54, 1.807) is 18.2 Å². The number of nitrogens with zero attached hydrogens (tertiary/aromatic N) is 1. The van der Waals surface area contributed by atoms with E-state index in [1.165, 1.54) is 29.2 Å². The molecule has 2 aromatic carbocycles. The molecule has 0 aromatic heterocycles. The summed E-state index contributed by atoms with van der Waals surface area (Å²) in [4.78, 5) is 13.4. The number of benzene rings is 2. The van der Waals surface area contributed by atoms with Gasteiger partial charge >= 0.3 is 6.18 Å². The zero-order valence-corrected chi connectivity index (χ0v) is 16.8. The van der Waals surface area contributed by atoms with Crippen molar-refractivity contribution < 1.29 is 31.9 Å². The predicted molar refractivity (Wildman–Crippen MR) is 106 cm³/mol. The maximum atomic E-state index is 14.6. The fourth-order valence-corrected chi connectivity index (χ4v) is 3.84. The van der Waals surface area contributed by atoms with Gasteiger partial charge in [-0.15, -0.1) is 0 Å². The molecule has 31 heavy (non-hydrogen) atoms. The van der Waals surface area contributed by atoms with E-state index in [4.69, 9.17) is 0 Å². The van der Waals surface area contributed by atoms with E-state index >= 15 is 0 Å². The van der Waals surface area contributed by atoms with Crippen molar-refractivity contribution in [3.05, 3.63) is 71.3 Å². The minimum absolute atomic E-state index is 0.0138. The third kappa shape index (κ3) is 6.11. The average molecular weight is 441 g/mol. The quantitative estimate of drug-likeness (QED) is 0.374. The molecule has 2 aromatic rings. The fraction of sp³-hybridized carbons (Fsp3) is 0.435. The number of Topliss-reactive ketones (excluding diaryl/α,β-unsaturated/α-hetero) is 1. The van der Waals surface area contributed by atoms with Crippen molar-refractivity contribution in [2.45, 2.75) is 49.9 Å². The molecule has 1 aliphatic rings. The molecule has 0 radical (unpaired) electrons. The predicted octanol–water partition coefficient (Wildman–Crippen LogP) is 4.98. The molecule has 0 saturated carbocycles. The van der Waals surface area contributed by atoms with Gasteiger partial charge in [0.1, 0.15) is 0 Å². The smallest absolute Gasteiger partial charge is 0.389 e. The van der Waals surface area contributed by atoms with E-state index in [-0.39, 0.29) is 37.9 Å².